The Kier molecular flexibility index (Phi) is 8.42. The van der Waals surface area contributed by atoms with E-state index in [2.05, 4.69) is 6.92 Å². The fourth-order valence-electron chi connectivity index (χ4n) is 2.43. The van der Waals surface area contributed by atoms with Crippen molar-refractivity contribution >= 4 is 28.3 Å². The van der Waals surface area contributed by atoms with Crippen LogP contribution in [0.5, 0.6) is 0 Å². The summed E-state index contributed by atoms with van der Waals surface area (Å²) in [6.45, 7) is 9.65. The van der Waals surface area contributed by atoms with E-state index >= 15 is 0 Å². The van der Waals surface area contributed by atoms with E-state index in [1.807, 2.05) is 0 Å². The molecule has 0 spiro atoms. The SMILES string of the molecule is CCCCCCCCOC(=O)c1sc(N)c(C(=O)OC(C)(C)C)c1C. The largest absolute Gasteiger partial charge is 0.462 e. The smallest absolute Gasteiger partial charge is 0.348 e. The molecule has 1 heterocycles. The van der Waals surface area contributed by atoms with Gasteiger partial charge in [0.2, 0.25) is 0 Å². The molecule has 142 valence electrons. The number of rotatable bonds is 9. The van der Waals surface area contributed by atoms with Crippen LogP contribution in [0.15, 0.2) is 0 Å². The Labute approximate surface area is 154 Å². The van der Waals surface area contributed by atoms with E-state index in [-0.39, 0.29) is 5.56 Å². The second kappa shape index (κ2) is 9.80. The van der Waals surface area contributed by atoms with Gasteiger partial charge in [-0.3, -0.25) is 0 Å². The number of esters is 2. The van der Waals surface area contributed by atoms with Gasteiger partial charge in [0, 0.05) is 0 Å². The fourth-order valence-corrected chi connectivity index (χ4v) is 3.38. The monoisotopic (exact) mass is 369 g/mol. The summed E-state index contributed by atoms with van der Waals surface area (Å²) in [6.07, 6.45) is 6.77. The Bertz CT molecular complexity index is 587. The third-order valence-corrected chi connectivity index (χ3v) is 4.79. The molecule has 25 heavy (non-hydrogen) atoms. The molecule has 0 saturated heterocycles. The zero-order valence-corrected chi connectivity index (χ0v) is 16.9. The van der Waals surface area contributed by atoms with Crippen molar-refractivity contribution < 1.29 is 19.1 Å². The van der Waals surface area contributed by atoms with Gasteiger partial charge in [-0.25, -0.2) is 9.59 Å². The number of unbranched alkanes of at least 4 members (excludes halogenated alkanes) is 5. The molecule has 1 rings (SSSR count). The van der Waals surface area contributed by atoms with Crippen LogP contribution in [0.1, 0.15) is 91.8 Å². The molecule has 0 aliphatic carbocycles. The van der Waals surface area contributed by atoms with Crippen LogP contribution >= 0.6 is 11.3 Å². The van der Waals surface area contributed by atoms with Crippen molar-refractivity contribution in [1.82, 2.24) is 0 Å². The first-order valence-corrected chi connectivity index (χ1v) is 9.78. The molecule has 0 aliphatic rings. The van der Waals surface area contributed by atoms with Crippen molar-refractivity contribution in [3.05, 3.63) is 16.0 Å². The molecule has 0 amide bonds. The van der Waals surface area contributed by atoms with Crippen molar-refractivity contribution in [2.75, 3.05) is 12.3 Å². The number of thiophene rings is 1. The van der Waals surface area contributed by atoms with E-state index in [1.165, 1.54) is 25.7 Å². The van der Waals surface area contributed by atoms with Gasteiger partial charge in [0.25, 0.3) is 0 Å². The van der Waals surface area contributed by atoms with Crippen molar-refractivity contribution in [2.45, 2.75) is 78.7 Å². The summed E-state index contributed by atoms with van der Waals surface area (Å²) < 4.78 is 10.7. The van der Waals surface area contributed by atoms with Crippen LogP contribution in [0.2, 0.25) is 0 Å². The Balaban J connectivity index is 2.60. The number of carbonyl (C=O) groups excluding carboxylic acids is 2. The van der Waals surface area contributed by atoms with E-state index in [0.29, 0.717) is 22.0 Å². The van der Waals surface area contributed by atoms with Crippen LogP contribution < -0.4 is 5.73 Å². The van der Waals surface area contributed by atoms with Crippen LogP contribution in [0.3, 0.4) is 0 Å². The molecule has 1 aromatic heterocycles. The summed E-state index contributed by atoms with van der Waals surface area (Å²) in [6, 6.07) is 0. The van der Waals surface area contributed by atoms with Gasteiger partial charge in [0.05, 0.1) is 12.2 Å². The second-order valence-corrected chi connectivity index (χ2v) is 8.25. The number of nitrogen functional groups attached to an aromatic ring is 1. The van der Waals surface area contributed by atoms with E-state index < -0.39 is 17.5 Å². The Hall–Kier alpha value is -1.56. The first-order valence-electron chi connectivity index (χ1n) is 8.96. The second-order valence-electron chi connectivity index (χ2n) is 7.20. The van der Waals surface area contributed by atoms with Crippen molar-refractivity contribution in [2.24, 2.45) is 0 Å². The molecule has 0 fully saturated rings. The maximum absolute atomic E-state index is 12.3. The molecule has 0 radical (unpaired) electrons. The molecule has 6 heteroatoms. The number of hydrogen-bond acceptors (Lipinski definition) is 6. The third-order valence-electron chi connectivity index (χ3n) is 3.69. The predicted molar refractivity (Wildman–Crippen MR) is 102 cm³/mol. The normalized spacial score (nSPS) is 11.4. The van der Waals surface area contributed by atoms with E-state index in [0.717, 1.165) is 24.2 Å². The molecule has 0 atom stereocenters. The highest BCUT2D eigenvalue weighted by Crippen LogP contribution is 2.32. The molecule has 0 aliphatic heterocycles. The molecule has 0 saturated carbocycles. The predicted octanol–water partition coefficient (Wildman–Crippen LogP) is 5.11. The lowest BCUT2D eigenvalue weighted by atomic mass is 10.1. The molecule has 5 nitrogen and oxygen atoms in total. The zero-order chi connectivity index (χ0) is 19.0. The number of carbonyl (C=O) groups is 2. The Morgan fingerprint density at radius 2 is 1.64 bits per heavy atom. The summed E-state index contributed by atoms with van der Waals surface area (Å²) in [5.41, 5.74) is 6.12. The summed E-state index contributed by atoms with van der Waals surface area (Å²) >= 11 is 1.08. The van der Waals surface area contributed by atoms with Crippen LogP contribution in [0.25, 0.3) is 0 Å². The summed E-state index contributed by atoms with van der Waals surface area (Å²) in [7, 11) is 0. The number of hydrogen-bond donors (Lipinski definition) is 1. The maximum atomic E-state index is 12.3. The Morgan fingerprint density at radius 3 is 2.24 bits per heavy atom. The highest BCUT2D eigenvalue weighted by molar-refractivity contribution is 7.18. The average molecular weight is 370 g/mol. The maximum Gasteiger partial charge on any atom is 0.348 e. The Morgan fingerprint density at radius 1 is 1.04 bits per heavy atom. The van der Waals surface area contributed by atoms with Gasteiger partial charge >= 0.3 is 11.9 Å². The molecule has 0 aromatic carbocycles. The van der Waals surface area contributed by atoms with Gasteiger partial charge in [-0.1, -0.05) is 39.0 Å². The van der Waals surface area contributed by atoms with Crippen LogP contribution in [0, 0.1) is 6.92 Å². The van der Waals surface area contributed by atoms with Gasteiger partial charge in [-0.15, -0.1) is 11.3 Å². The highest BCUT2D eigenvalue weighted by Gasteiger charge is 2.27. The van der Waals surface area contributed by atoms with Crippen molar-refractivity contribution in [3.63, 3.8) is 0 Å². The number of ether oxygens (including phenoxy) is 2. The third kappa shape index (κ3) is 7.06. The summed E-state index contributed by atoms with van der Waals surface area (Å²) in [5, 5.41) is 0.290. The number of nitrogens with two attached hydrogens (primary N) is 1. The van der Waals surface area contributed by atoms with Gasteiger partial charge in [0.15, 0.2) is 0 Å². The first kappa shape index (κ1) is 21.5. The van der Waals surface area contributed by atoms with Crippen LogP contribution in [0.4, 0.5) is 5.00 Å². The molecular formula is C19H31NO4S. The van der Waals surface area contributed by atoms with Crippen molar-refractivity contribution in [3.8, 4) is 0 Å². The minimum atomic E-state index is -0.615. The molecular weight excluding hydrogens is 338 g/mol. The van der Waals surface area contributed by atoms with Gasteiger partial charge in [-0.2, -0.15) is 0 Å². The quantitative estimate of drug-likeness (QED) is 0.483. The van der Waals surface area contributed by atoms with Gasteiger partial charge < -0.3 is 15.2 Å². The minimum absolute atomic E-state index is 0.270. The minimum Gasteiger partial charge on any atom is -0.462 e. The van der Waals surface area contributed by atoms with Crippen LogP contribution in [-0.2, 0) is 9.47 Å². The van der Waals surface area contributed by atoms with Gasteiger partial charge in [0.1, 0.15) is 15.5 Å². The topological polar surface area (TPSA) is 78.6 Å². The molecule has 0 unspecified atom stereocenters. The van der Waals surface area contributed by atoms with E-state index in [9.17, 15) is 9.59 Å². The molecule has 2 N–H and O–H groups in total. The van der Waals surface area contributed by atoms with Crippen LogP contribution in [-0.4, -0.2) is 24.1 Å². The highest BCUT2D eigenvalue weighted by atomic mass is 32.1. The lowest BCUT2D eigenvalue weighted by Crippen LogP contribution is -2.24. The van der Waals surface area contributed by atoms with Gasteiger partial charge in [-0.05, 0) is 39.7 Å². The fraction of sp³-hybridized carbons (Fsp3) is 0.684. The lowest BCUT2D eigenvalue weighted by Gasteiger charge is -2.19. The summed E-state index contributed by atoms with van der Waals surface area (Å²) in [4.78, 5) is 24.9. The molecule has 1 aromatic rings. The average Bonchev–Trinajstić information content (AvgIpc) is 2.79. The summed E-state index contributed by atoms with van der Waals surface area (Å²) in [5.74, 6) is -0.925. The van der Waals surface area contributed by atoms with E-state index in [1.54, 1.807) is 27.7 Å². The zero-order valence-electron chi connectivity index (χ0n) is 16.1. The standard InChI is InChI=1S/C19H31NO4S/c1-6-7-8-9-10-11-12-23-18(22)15-13(2)14(16(20)25-15)17(21)24-19(3,4)5/h6-12,20H2,1-5H3. The first-order chi connectivity index (χ1) is 11.7. The number of anilines is 1. The lowest BCUT2D eigenvalue weighted by molar-refractivity contribution is 0.00705. The molecule has 0 bridgehead atoms. The van der Waals surface area contributed by atoms with Crippen molar-refractivity contribution in [1.29, 1.82) is 0 Å². The van der Waals surface area contributed by atoms with E-state index in [4.69, 9.17) is 15.2 Å².